The number of aryl methyl sites for hydroxylation is 1. The molecule has 2 aromatic rings. The van der Waals surface area contributed by atoms with Crippen molar-refractivity contribution in [3.63, 3.8) is 0 Å². The maximum absolute atomic E-state index is 11.0. The minimum absolute atomic E-state index is 0.0483. The van der Waals surface area contributed by atoms with Gasteiger partial charge in [0.2, 0.25) is 11.5 Å². The minimum atomic E-state index is -0.693. The molecule has 21 heavy (non-hydrogen) atoms. The van der Waals surface area contributed by atoms with Crippen LogP contribution in [0.4, 0.5) is 11.4 Å². The Morgan fingerprint density at radius 2 is 1.71 bits per heavy atom. The summed E-state index contributed by atoms with van der Waals surface area (Å²) in [6, 6.07) is 8.53. The molecule has 7 nitrogen and oxygen atoms in total. The second kappa shape index (κ2) is 5.76. The van der Waals surface area contributed by atoms with Gasteiger partial charge >= 0.3 is 11.4 Å². The van der Waals surface area contributed by atoms with Crippen molar-refractivity contribution in [3.8, 4) is 11.5 Å². The first-order chi connectivity index (χ1) is 9.91. The molecule has 108 valence electrons. The van der Waals surface area contributed by atoms with Crippen LogP contribution in [-0.4, -0.2) is 9.85 Å². The zero-order valence-corrected chi connectivity index (χ0v) is 11.5. The maximum Gasteiger partial charge on any atom is 0.329 e. The van der Waals surface area contributed by atoms with Crippen LogP contribution in [0.3, 0.4) is 0 Å². The van der Waals surface area contributed by atoms with Gasteiger partial charge in [-0.3, -0.25) is 20.2 Å². The Balaban J connectivity index is 2.56. The topological polar surface area (TPSA) is 95.5 Å². The van der Waals surface area contributed by atoms with Crippen LogP contribution in [0.15, 0.2) is 36.4 Å². The first-order valence-electron chi connectivity index (χ1n) is 5.76. The van der Waals surface area contributed by atoms with Crippen molar-refractivity contribution in [1.29, 1.82) is 0 Å². The van der Waals surface area contributed by atoms with Crippen molar-refractivity contribution in [2.24, 2.45) is 0 Å². The van der Waals surface area contributed by atoms with Crippen molar-refractivity contribution >= 4 is 23.0 Å². The van der Waals surface area contributed by atoms with E-state index in [0.29, 0.717) is 5.56 Å². The highest BCUT2D eigenvalue weighted by molar-refractivity contribution is 6.32. The van der Waals surface area contributed by atoms with Crippen LogP contribution in [-0.2, 0) is 0 Å². The molecule has 0 aliphatic rings. The third kappa shape index (κ3) is 2.92. The number of halogens is 1. The number of nitro benzene ring substituents is 2. The standard InChI is InChI=1S/C13H9ClN2O5/c1-8-4-2-6-10(15(17)18)13(8)21-11-7-3-5-9(14)12(11)16(19)20/h2-7H,1H3. The average Bonchev–Trinajstić information content (AvgIpc) is 2.40. The number of para-hydroxylation sites is 2. The van der Waals surface area contributed by atoms with Crippen molar-refractivity contribution < 1.29 is 14.6 Å². The van der Waals surface area contributed by atoms with Gasteiger partial charge in [-0.2, -0.15) is 0 Å². The first-order valence-corrected chi connectivity index (χ1v) is 6.14. The van der Waals surface area contributed by atoms with E-state index in [-0.39, 0.29) is 22.2 Å². The van der Waals surface area contributed by atoms with E-state index in [2.05, 4.69) is 0 Å². The molecular formula is C13H9ClN2O5. The third-order valence-electron chi connectivity index (χ3n) is 2.73. The summed E-state index contributed by atoms with van der Waals surface area (Å²) in [4.78, 5) is 20.8. The SMILES string of the molecule is Cc1cccc([N+](=O)[O-])c1Oc1cccc(Cl)c1[N+](=O)[O-]. The van der Waals surface area contributed by atoms with Crippen LogP contribution in [0.25, 0.3) is 0 Å². The van der Waals surface area contributed by atoms with Gasteiger partial charge in [-0.1, -0.05) is 29.8 Å². The molecule has 0 aromatic heterocycles. The molecule has 0 radical (unpaired) electrons. The Kier molecular flexibility index (Phi) is 4.04. The largest absolute Gasteiger partial charge is 0.443 e. The van der Waals surface area contributed by atoms with Gasteiger partial charge in [-0.25, -0.2) is 0 Å². The van der Waals surface area contributed by atoms with Crippen LogP contribution in [0.1, 0.15) is 5.56 Å². The van der Waals surface area contributed by atoms with Gasteiger partial charge < -0.3 is 4.74 Å². The highest BCUT2D eigenvalue weighted by Crippen LogP contribution is 2.40. The van der Waals surface area contributed by atoms with Crippen LogP contribution >= 0.6 is 11.6 Å². The Bertz CT molecular complexity index is 732. The predicted octanol–water partition coefficient (Wildman–Crippen LogP) is 4.26. The maximum atomic E-state index is 11.0. The van der Waals surface area contributed by atoms with E-state index in [1.807, 2.05) is 0 Å². The molecule has 0 saturated heterocycles. The summed E-state index contributed by atoms with van der Waals surface area (Å²) in [6.07, 6.45) is 0. The monoisotopic (exact) mass is 308 g/mol. The zero-order chi connectivity index (χ0) is 15.6. The lowest BCUT2D eigenvalue weighted by Gasteiger charge is -2.09. The fraction of sp³-hybridized carbons (Fsp3) is 0.0769. The molecule has 0 N–H and O–H groups in total. The van der Waals surface area contributed by atoms with Crippen LogP contribution in [0.2, 0.25) is 5.02 Å². The molecule has 2 aromatic carbocycles. The molecule has 2 rings (SSSR count). The molecule has 0 heterocycles. The average molecular weight is 309 g/mol. The molecule has 0 bridgehead atoms. The number of nitrogens with zero attached hydrogens (tertiary/aromatic N) is 2. The summed E-state index contributed by atoms with van der Waals surface area (Å²) in [5, 5.41) is 22.0. The number of rotatable bonds is 4. The Labute approximate surface area is 124 Å². The predicted molar refractivity (Wildman–Crippen MR) is 76.0 cm³/mol. The number of hydrogen-bond acceptors (Lipinski definition) is 5. The summed E-state index contributed by atoms with van der Waals surface area (Å²) in [7, 11) is 0. The lowest BCUT2D eigenvalue weighted by Crippen LogP contribution is -1.98. The summed E-state index contributed by atoms with van der Waals surface area (Å²) in [5.41, 5.74) is -0.223. The van der Waals surface area contributed by atoms with E-state index in [9.17, 15) is 20.2 Å². The van der Waals surface area contributed by atoms with Crippen molar-refractivity contribution in [2.45, 2.75) is 6.92 Å². The van der Waals surface area contributed by atoms with Crippen LogP contribution in [0, 0.1) is 27.2 Å². The van der Waals surface area contributed by atoms with Gasteiger partial charge in [0, 0.05) is 6.07 Å². The quantitative estimate of drug-likeness (QED) is 0.621. The molecule has 0 spiro atoms. The van der Waals surface area contributed by atoms with Gasteiger partial charge in [0.15, 0.2) is 0 Å². The lowest BCUT2D eigenvalue weighted by atomic mass is 10.2. The van der Waals surface area contributed by atoms with E-state index in [0.717, 1.165) is 0 Å². The number of benzene rings is 2. The molecule has 0 aliphatic carbocycles. The zero-order valence-electron chi connectivity index (χ0n) is 10.8. The van der Waals surface area contributed by atoms with E-state index in [1.54, 1.807) is 13.0 Å². The highest BCUT2D eigenvalue weighted by Gasteiger charge is 2.24. The second-order valence-electron chi connectivity index (χ2n) is 4.13. The number of nitro groups is 2. The normalized spacial score (nSPS) is 10.2. The van der Waals surface area contributed by atoms with Crippen LogP contribution < -0.4 is 4.74 Å². The fourth-order valence-corrected chi connectivity index (χ4v) is 2.01. The second-order valence-corrected chi connectivity index (χ2v) is 4.53. The fourth-order valence-electron chi connectivity index (χ4n) is 1.78. The van der Waals surface area contributed by atoms with Gasteiger partial charge in [-0.15, -0.1) is 0 Å². The Hall–Kier alpha value is -2.67. The van der Waals surface area contributed by atoms with Gasteiger partial charge in [0.25, 0.3) is 0 Å². The Morgan fingerprint density at radius 3 is 2.33 bits per heavy atom. The van der Waals surface area contributed by atoms with Crippen molar-refractivity contribution in [2.75, 3.05) is 0 Å². The van der Waals surface area contributed by atoms with Crippen molar-refractivity contribution in [1.82, 2.24) is 0 Å². The molecule has 8 heteroatoms. The minimum Gasteiger partial charge on any atom is -0.443 e. The van der Waals surface area contributed by atoms with E-state index >= 15 is 0 Å². The van der Waals surface area contributed by atoms with Gasteiger partial charge in [0.05, 0.1) is 9.85 Å². The van der Waals surface area contributed by atoms with E-state index in [1.165, 1.54) is 30.3 Å². The lowest BCUT2D eigenvalue weighted by molar-refractivity contribution is -0.387. The van der Waals surface area contributed by atoms with Gasteiger partial charge in [0.1, 0.15) is 5.02 Å². The molecule has 0 amide bonds. The molecular weight excluding hydrogens is 300 g/mol. The molecule has 0 aliphatic heterocycles. The van der Waals surface area contributed by atoms with E-state index in [4.69, 9.17) is 16.3 Å². The van der Waals surface area contributed by atoms with Crippen molar-refractivity contribution in [3.05, 3.63) is 67.2 Å². The summed E-state index contributed by atoms with van der Waals surface area (Å²) >= 11 is 5.78. The molecule has 0 atom stereocenters. The third-order valence-corrected chi connectivity index (χ3v) is 3.04. The van der Waals surface area contributed by atoms with Gasteiger partial charge in [-0.05, 0) is 24.6 Å². The Morgan fingerprint density at radius 1 is 1.05 bits per heavy atom. The van der Waals surface area contributed by atoms with E-state index < -0.39 is 15.5 Å². The summed E-state index contributed by atoms with van der Waals surface area (Å²) < 4.78 is 5.41. The smallest absolute Gasteiger partial charge is 0.329 e. The molecule has 0 fully saturated rings. The molecule has 0 saturated carbocycles. The summed E-state index contributed by atoms with van der Waals surface area (Å²) in [6.45, 7) is 1.61. The molecule has 0 unspecified atom stereocenters. The summed E-state index contributed by atoms with van der Waals surface area (Å²) in [5.74, 6) is -0.197. The number of ether oxygens (including phenoxy) is 1. The first kappa shape index (κ1) is 14.7. The van der Waals surface area contributed by atoms with Crippen LogP contribution in [0.5, 0.6) is 11.5 Å². The highest BCUT2D eigenvalue weighted by atomic mass is 35.5. The number of hydrogen-bond donors (Lipinski definition) is 0.